The zero-order chi connectivity index (χ0) is 29.3. The van der Waals surface area contributed by atoms with Crippen LogP contribution in [0.25, 0.3) is 22.3 Å². The van der Waals surface area contributed by atoms with Crippen molar-refractivity contribution in [3.05, 3.63) is 189 Å². The van der Waals surface area contributed by atoms with Gasteiger partial charge >= 0.3 is 0 Å². The monoisotopic (exact) mass is 552 g/mol. The van der Waals surface area contributed by atoms with Crippen LogP contribution in [0.1, 0.15) is 62.6 Å². The summed E-state index contributed by atoms with van der Waals surface area (Å²) >= 11 is 0. The van der Waals surface area contributed by atoms with Gasteiger partial charge in [0.15, 0.2) is 0 Å². The molecule has 8 rings (SSSR count). The van der Waals surface area contributed by atoms with Crippen LogP contribution in [0.15, 0.2) is 133 Å². The summed E-state index contributed by atoms with van der Waals surface area (Å²) in [5, 5.41) is 0. The fraction of sp³-hybridized carbons (Fsp3) is 0.163. The number of rotatable bonds is 4. The second kappa shape index (κ2) is 9.41. The third kappa shape index (κ3) is 3.56. The molecule has 2 aliphatic carbocycles. The van der Waals surface area contributed by atoms with E-state index in [0.717, 1.165) is 6.42 Å². The minimum atomic E-state index is -0.383. The van der Waals surface area contributed by atoms with Crippen LogP contribution in [0, 0.1) is 20.8 Å². The predicted octanol–water partition coefficient (Wildman–Crippen LogP) is 10.5. The molecule has 0 heteroatoms. The Labute approximate surface area is 255 Å². The summed E-state index contributed by atoms with van der Waals surface area (Å²) < 4.78 is 0. The van der Waals surface area contributed by atoms with E-state index in [0.29, 0.717) is 0 Å². The van der Waals surface area contributed by atoms with Gasteiger partial charge in [-0.3, -0.25) is 0 Å². The smallest absolute Gasteiger partial charge is 0.0619 e. The van der Waals surface area contributed by atoms with Crippen molar-refractivity contribution in [3.8, 4) is 22.3 Å². The molecule has 0 saturated carbocycles. The van der Waals surface area contributed by atoms with Crippen molar-refractivity contribution in [2.75, 3.05) is 0 Å². The number of benzene rings is 6. The van der Waals surface area contributed by atoms with Crippen molar-refractivity contribution < 1.29 is 0 Å². The zero-order valence-corrected chi connectivity index (χ0v) is 25.4. The van der Waals surface area contributed by atoms with E-state index in [1.807, 2.05) is 0 Å². The Morgan fingerprint density at radius 1 is 0.465 bits per heavy atom. The average molecular weight is 553 g/mol. The van der Waals surface area contributed by atoms with Crippen LogP contribution in [-0.2, 0) is 17.3 Å². The minimum absolute atomic E-state index is 0.125. The highest BCUT2D eigenvalue weighted by Crippen LogP contribution is 2.59. The summed E-state index contributed by atoms with van der Waals surface area (Å²) in [5.74, 6) is 0. The van der Waals surface area contributed by atoms with Crippen LogP contribution < -0.4 is 0 Å². The highest BCUT2D eigenvalue weighted by Gasteiger charge is 2.48. The Morgan fingerprint density at radius 3 is 1.67 bits per heavy atom. The van der Waals surface area contributed by atoms with Gasteiger partial charge in [-0.2, -0.15) is 0 Å². The van der Waals surface area contributed by atoms with Gasteiger partial charge in [0.2, 0.25) is 0 Å². The Morgan fingerprint density at radius 2 is 1.00 bits per heavy atom. The van der Waals surface area contributed by atoms with Crippen molar-refractivity contribution in [2.24, 2.45) is 0 Å². The van der Waals surface area contributed by atoms with Crippen molar-refractivity contribution >= 4 is 0 Å². The van der Waals surface area contributed by atoms with E-state index >= 15 is 0 Å². The zero-order valence-electron chi connectivity index (χ0n) is 25.4. The molecule has 0 aliphatic heterocycles. The van der Waals surface area contributed by atoms with E-state index in [1.165, 1.54) is 77.9 Å². The summed E-state index contributed by atoms with van der Waals surface area (Å²) in [4.78, 5) is 0. The Kier molecular flexibility index (Phi) is 5.69. The van der Waals surface area contributed by atoms with Crippen LogP contribution in [0.3, 0.4) is 0 Å². The van der Waals surface area contributed by atoms with Crippen LogP contribution in [0.2, 0.25) is 0 Å². The largest absolute Gasteiger partial charge is 0.0713 e. The lowest BCUT2D eigenvalue weighted by atomic mass is 9.67. The molecule has 0 aromatic heterocycles. The molecule has 1 unspecified atom stereocenters. The van der Waals surface area contributed by atoms with E-state index in [2.05, 4.69) is 161 Å². The first-order valence-electron chi connectivity index (χ1n) is 15.5. The van der Waals surface area contributed by atoms with Crippen molar-refractivity contribution in [3.63, 3.8) is 0 Å². The standard InChI is InChI=1S/C43H36/c1-28-19-23-32(24-20-28)43(33-25-21-29(2)22-26-33)38-17-8-6-14-36(38)40-31(12-10-18-39(40)43)27-42(4)37-16-7-5-13-34(37)35-15-9-11-30(3)41(35)42/h5-26H,27H2,1-4H3. The molecule has 0 fully saturated rings. The Bertz CT molecular complexity index is 1980. The molecule has 6 aromatic rings. The quantitative estimate of drug-likeness (QED) is 0.204. The number of hydrogen-bond donors (Lipinski definition) is 0. The highest BCUT2D eigenvalue weighted by molar-refractivity contribution is 5.89. The molecule has 43 heavy (non-hydrogen) atoms. The predicted molar refractivity (Wildman–Crippen MR) is 180 cm³/mol. The van der Waals surface area contributed by atoms with Gasteiger partial charge in [0.25, 0.3) is 0 Å². The molecule has 208 valence electrons. The SMILES string of the molecule is Cc1ccc(C2(c3ccc(C)cc3)c3ccccc3-c3c(CC4(C)c5ccccc5-c5cccc(C)c54)cccc32)cc1. The molecular weight excluding hydrogens is 516 g/mol. The van der Waals surface area contributed by atoms with Crippen LogP contribution >= 0.6 is 0 Å². The van der Waals surface area contributed by atoms with Gasteiger partial charge in [0.05, 0.1) is 5.41 Å². The molecule has 0 spiro atoms. The summed E-state index contributed by atoms with van der Waals surface area (Å²) in [6, 6.07) is 50.6. The summed E-state index contributed by atoms with van der Waals surface area (Å²) in [7, 11) is 0. The molecule has 0 amide bonds. The number of hydrogen-bond acceptors (Lipinski definition) is 0. The van der Waals surface area contributed by atoms with Gasteiger partial charge in [-0.25, -0.2) is 0 Å². The lowest BCUT2D eigenvalue weighted by Crippen LogP contribution is -2.29. The fourth-order valence-corrected chi connectivity index (χ4v) is 8.47. The highest BCUT2D eigenvalue weighted by atomic mass is 14.5. The molecule has 6 aromatic carbocycles. The topological polar surface area (TPSA) is 0 Å². The molecule has 1 atom stereocenters. The van der Waals surface area contributed by atoms with Gasteiger partial charge in [-0.15, -0.1) is 0 Å². The van der Waals surface area contributed by atoms with Gasteiger partial charge in [0.1, 0.15) is 0 Å². The van der Waals surface area contributed by atoms with Gasteiger partial charge < -0.3 is 0 Å². The first kappa shape index (κ1) is 26.0. The van der Waals surface area contributed by atoms with E-state index in [-0.39, 0.29) is 10.8 Å². The van der Waals surface area contributed by atoms with Gasteiger partial charge in [-0.1, -0.05) is 152 Å². The van der Waals surface area contributed by atoms with E-state index in [4.69, 9.17) is 0 Å². The summed E-state index contributed by atoms with van der Waals surface area (Å²) in [6.45, 7) is 9.11. The normalized spacial score (nSPS) is 17.2. The first-order valence-corrected chi connectivity index (χ1v) is 15.5. The molecule has 2 aliphatic rings. The van der Waals surface area contributed by atoms with Crippen LogP contribution in [0.4, 0.5) is 0 Å². The third-order valence-corrected chi connectivity index (χ3v) is 10.3. The van der Waals surface area contributed by atoms with E-state index < -0.39 is 0 Å². The summed E-state index contributed by atoms with van der Waals surface area (Å²) in [5.41, 5.74) is 18.7. The Hall–Kier alpha value is -4.68. The molecular formula is C43H36. The maximum atomic E-state index is 2.47. The van der Waals surface area contributed by atoms with E-state index in [9.17, 15) is 0 Å². The minimum Gasteiger partial charge on any atom is -0.0619 e. The van der Waals surface area contributed by atoms with Crippen LogP contribution in [0.5, 0.6) is 0 Å². The van der Waals surface area contributed by atoms with Gasteiger partial charge in [0, 0.05) is 5.41 Å². The number of fused-ring (bicyclic) bond motifs is 6. The van der Waals surface area contributed by atoms with E-state index in [1.54, 1.807) is 0 Å². The average Bonchev–Trinajstić information content (AvgIpc) is 3.47. The maximum Gasteiger partial charge on any atom is 0.0713 e. The molecule has 0 radical (unpaired) electrons. The number of aryl methyl sites for hydroxylation is 3. The fourth-order valence-electron chi connectivity index (χ4n) is 8.47. The van der Waals surface area contributed by atoms with Crippen LogP contribution in [-0.4, -0.2) is 0 Å². The maximum absolute atomic E-state index is 2.47. The van der Waals surface area contributed by atoms with Crippen molar-refractivity contribution in [1.82, 2.24) is 0 Å². The van der Waals surface area contributed by atoms with Crippen molar-refractivity contribution in [2.45, 2.75) is 44.9 Å². The Balaban J connectivity index is 1.42. The second-order valence-corrected chi connectivity index (χ2v) is 12.9. The third-order valence-electron chi connectivity index (χ3n) is 10.3. The lowest BCUT2D eigenvalue weighted by Gasteiger charge is -2.34. The first-order chi connectivity index (χ1) is 20.9. The second-order valence-electron chi connectivity index (χ2n) is 12.9. The molecule has 0 nitrogen and oxygen atoms in total. The van der Waals surface area contributed by atoms with Gasteiger partial charge in [-0.05, 0) is 94.0 Å². The summed E-state index contributed by atoms with van der Waals surface area (Å²) in [6.07, 6.45) is 0.942. The lowest BCUT2D eigenvalue weighted by molar-refractivity contribution is 0.580. The van der Waals surface area contributed by atoms with Crippen molar-refractivity contribution in [1.29, 1.82) is 0 Å². The molecule has 0 saturated heterocycles. The molecule has 0 bridgehead atoms. The molecule has 0 N–H and O–H groups in total. The molecule has 0 heterocycles.